The van der Waals surface area contributed by atoms with Gasteiger partial charge in [-0.15, -0.1) is 0 Å². The Balaban J connectivity index is 0.000000261. The molecule has 0 spiro atoms. The molecule has 0 unspecified atom stereocenters. The number of hydrogen-bond acceptors (Lipinski definition) is 3. The van der Waals surface area contributed by atoms with Crippen molar-refractivity contribution in [3.63, 3.8) is 0 Å². The summed E-state index contributed by atoms with van der Waals surface area (Å²) < 4.78 is 0. The zero-order valence-corrected chi connectivity index (χ0v) is 11.2. The van der Waals surface area contributed by atoms with E-state index in [1.54, 1.807) is 48.5 Å². The minimum absolute atomic E-state index is 0.322. The first kappa shape index (κ1) is 16.7. The predicted molar refractivity (Wildman–Crippen MR) is 80.1 cm³/mol. The average molecular weight is 259 g/mol. The second-order valence-electron chi connectivity index (χ2n) is 3.83. The van der Waals surface area contributed by atoms with E-state index in [4.69, 9.17) is 15.9 Å². The average Bonchev–Trinajstić information content (AvgIpc) is 2.42. The number of phenols is 2. The fourth-order valence-corrected chi connectivity index (χ4v) is 0.856. The van der Waals surface area contributed by atoms with Crippen molar-refractivity contribution in [3.8, 4) is 11.5 Å². The summed E-state index contributed by atoms with van der Waals surface area (Å²) >= 11 is 0. The molecule has 102 valence electrons. The third kappa shape index (κ3) is 12.0. The Morgan fingerprint density at radius 2 is 1.16 bits per heavy atom. The molecule has 0 aliphatic carbocycles. The summed E-state index contributed by atoms with van der Waals surface area (Å²) in [6.45, 7) is 6.06. The van der Waals surface area contributed by atoms with E-state index in [1.165, 1.54) is 0 Å². The normalized spacial score (nSPS) is 8.32. The van der Waals surface area contributed by atoms with Crippen molar-refractivity contribution in [1.82, 2.24) is 0 Å². The van der Waals surface area contributed by atoms with Crippen LogP contribution in [0.15, 0.2) is 72.8 Å². The highest BCUT2D eigenvalue weighted by molar-refractivity contribution is 5.19. The van der Waals surface area contributed by atoms with Crippen LogP contribution in [0.3, 0.4) is 0 Å². The van der Waals surface area contributed by atoms with E-state index in [9.17, 15) is 0 Å². The molecule has 0 aliphatic rings. The minimum Gasteiger partial charge on any atom is -0.508 e. The zero-order chi connectivity index (χ0) is 14.5. The number of hydrogen-bond donors (Lipinski definition) is 3. The van der Waals surface area contributed by atoms with Gasteiger partial charge in [-0.1, -0.05) is 48.6 Å². The molecule has 0 atom stereocenters. The van der Waals surface area contributed by atoms with Gasteiger partial charge in [0.15, 0.2) is 0 Å². The monoisotopic (exact) mass is 259 g/mol. The molecule has 0 fully saturated rings. The molecule has 0 radical (unpaired) electrons. The maximum atomic E-state index is 8.63. The van der Waals surface area contributed by atoms with Crippen LogP contribution in [0.2, 0.25) is 0 Å². The third-order valence-electron chi connectivity index (χ3n) is 1.86. The molecular formula is C16H21NO2. The lowest BCUT2D eigenvalue weighted by molar-refractivity contribution is 0.475. The van der Waals surface area contributed by atoms with Crippen molar-refractivity contribution < 1.29 is 10.2 Å². The number of rotatable bonds is 1. The van der Waals surface area contributed by atoms with E-state index >= 15 is 0 Å². The topological polar surface area (TPSA) is 66.5 Å². The summed E-state index contributed by atoms with van der Waals surface area (Å²) in [7, 11) is 0. The van der Waals surface area contributed by atoms with Gasteiger partial charge in [0.2, 0.25) is 0 Å². The molecule has 2 aromatic carbocycles. The Kier molecular flexibility index (Phi) is 9.57. The van der Waals surface area contributed by atoms with E-state index in [0.29, 0.717) is 18.0 Å². The third-order valence-corrected chi connectivity index (χ3v) is 1.86. The second kappa shape index (κ2) is 10.9. The van der Waals surface area contributed by atoms with Crippen molar-refractivity contribution in [2.75, 3.05) is 6.54 Å². The number of para-hydroxylation sites is 2. The van der Waals surface area contributed by atoms with Crippen LogP contribution in [0.25, 0.3) is 0 Å². The van der Waals surface area contributed by atoms with Gasteiger partial charge in [0, 0.05) is 6.54 Å². The summed E-state index contributed by atoms with van der Waals surface area (Å²) in [5.74, 6) is 0.644. The largest absolute Gasteiger partial charge is 0.508 e. The molecule has 0 heterocycles. The zero-order valence-electron chi connectivity index (χ0n) is 11.2. The molecule has 19 heavy (non-hydrogen) atoms. The molecule has 0 aliphatic heterocycles. The van der Waals surface area contributed by atoms with Crippen LogP contribution in [0.5, 0.6) is 11.5 Å². The summed E-state index contributed by atoms with van der Waals surface area (Å²) in [6.07, 6.45) is 0. The highest BCUT2D eigenvalue weighted by Gasteiger charge is 1.75. The van der Waals surface area contributed by atoms with Crippen molar-refractivity contribution in [2.45, 2.75) is 6.92 Å². The molecule has 2 aromatic rings. The predicted octanol–water partition coefficient (Wildman–Crippen LogP) is 3.31. The molecule has 0 saturated heterocycles. The molecule has 0 bridgehead atoms. The summed E-state index contributed by atoms with van der Waals surface area (Å²) in [5, 5.41) is 17.3. The summed E-state index contributed by atoms with van der Waals surface area (Å²) in [6, 6.07) is 17.4. The molecule has 2 rings (SSSR count). The van der Waals surface area contributed by atoms with Gasteiger partial charge in [-0.2, -0.15) is 0 Å². The lowest BCUT2D eigenvalue weighted by atomic mass is 10.3. The van der Waals surface area contributed by atoms with Gasteiger partial charge in [-0.25, -0.2) is 0 Å². The Labute approximate surface area is 114 Å². The standard InChI is InChI=1S/2C6H6O.C4H9N/c2*7-6-4-2-1-3-5-6;1-4(2)3-5/h2*1-5,7H;1,3,5H2,2H3. The van der Waals surface area contributed by atoms with E-state index < -0.39 is 0 Å². The Morgan fingerprint density at radius 1 is 0.895 bits per heavy atom. The van der Waals surface area contributed by atoms with Crippen LogP contribution in [-0.2, 0) is 0 Å². The van der Waals surface area contributed by atoms with Gasteiger partial charge >= 0.3 is 0 Å². The van der Waals surface area contributed by atoms with Gasteiger partial charge < -0.3 is 15.9 Å². The van der Waals surface area contributed by atoms with Crippen LogP contribution < -0.4 is 5.73 Å². The second-order valence-corrected chi connectivity index (χ2v) is 3.83. The first-order chi connectivity index (χ1) is 9.06. The van der Waals surface area contributed by atoms with Crippen molar-refractivity contribution in [3.05, 3.63) is 72.8 Å². The van der Waals surface area contributed by atoms with Gasteiger partial charge in [0.25, 0.3) is 0 Å². The van der Waals surface area contributed by atoms with Gasteiger partial charge in [0.1, 0.15) is 11.5 Å². The van der Waals surface area contributed by atoms with Crippen molar-refractivity contribution in [1.29, 1.82) is 0 Å². The Hall–Kier alpha value is -2.26. The van der Waals surface area contributed by atoms with Gasteiger partial charge in [-0.05, 0) is 31.2 Å². The van der Waals surface area contributed by atoms with E-state index in [1.807, 2.05) is 19.1 Å². The fourth-order valence-electron chi connectivity index (χ4n) is 0.856. The first-order valence-electron chi connectivity index (χ1n) is 5.88. The van der Waals surface area contributed by atoms with Crippen LogP contribution >= 0.6 is 0 Å². The van der Waals surface area contributed by atoms with Crippen LogP contribution in [0, 0.1) is 0 Å². The lowest BCUT2D eigenvalue weighted by Gasteiger charge is -1.82. The summed E-state index contributed by atoms with van der Waals surface area (Å²) in [5.41, 5.74) is 6.10. The van der Waals surface area contributed by atoms with Gasteiger partial charge in [-0.3, -0.25) is 0 Å². The van der Waals surface area contributed by atoms with Crippen molar-refractivity contribution >= 4 is 0 Å². The van der Waals surface area contributed by atoms with Crippen molar-refractivity contribution in [2.24, 2.45) is 5.73 Å². The number of nitrogens with two attached hydrogens (primary N) is 1. The fraction of sp³-hybridized carbons (Fsp3) is 0.125. The molecule has 0 amide bonds. The molecule has 4 N–H and O–H groups in total. The number of benzene rings is 2. The summed E-state index contributed by atoms with van der Waals surface area (Å²) in [4.78, 5) is 0. The molecule has 0 aromatic heterocycles. The maximum Gasteiger partial charge on any atom is 0.115 e. The highest BCUT2D eigenvalue weighted by Crippen LogP contribution is 2.03. The highest BCUT2D eigenvalue weighted by atomic mass is 16.3. The van der Waals surface area contributed by atoms with Crippen LogP contribution in [-0.4, -0.2) is 16.8 Å². The molecular weight excluding hydrogens is 238 g/mol. The van der Waals surface area contributed by atoms with E-state index in [0.717, 1.165) is 5.57 Å². The number of aromatic hydroxyl groups is 2. The Morgan fingerprint density at radius 3 is 1.26 bits per heavy atom. The molecule has 3 nitrogen and oxygen atoms in total. The van der Waals surface area contributed by atoms with Crippen LogP contribution in [0.1, 0.15) is 6.92 Å². The van der Waals surface area contributed by atoms with E-state index in [2.05, 4.69) is 6.58 Å². The lowest BCUT2D eigenvalue weighted by Crippen LogP contribution is -1.97. The SMILES string of the molecule is C=C(C)CN.Oc1ccccc1.Oc1ccccc1. The van der Waals surface area contributed by atoms with Gasteiger partial charge in [0.05, 0.1) is 0 Å². The Bertz CT molecular complexity index is 403. The van der Waals surface area contributed by atoms with E-state index in [-0.39, 0.29) is 0 Å². The van der Waals surface area contributed by atoms with Crippen LogP contribution in [0.4, 0.5) is 0 Å². The minimum atomic E-state index is 0.322. The maximum absolute atomic E-state index is 8.63. The molecule has 3 heteroatoms. The number of phenolic OH excluding ortho intramolecular Hbond substituents is 2. The quantitative estimate of drug-likeness (QED) is 0.688. The smallest absolute Gasteiger partial charge is 0.115 e. The first-order valence-corrected chi connectivity index (χ1v) is 5.88. The molecule has 0 saturated carbocycles.